The zero-order valence-electron chi connectivity index (χ0n) is 34.1. The monoisotopic (exact) mass is 765 g/mol. The number of aromatic nitrogens is 1. The highest BCUT2D eigenvalue weighted by Gasteiger charge is 2.32. The minimum absolute atomic E-state index is 0.121. The van der Waals surface area contributed by atoms with Crippen LogP contribution in [0.2, 0.25) is 0 Å². The Morgan fingerprint density at radius 3 is 1.32 bits per heavy atom. The highest BCUT2D eigenvalue weighted by atomic mass is 15.1. The molecule has 1 unspecified atom stereocenters. The molecule has 1 atom stereocenters. The molecule has 0 saturated heterocycles. The average molecular weight is 766 g/mol. The van der Waals surface area contributed by atoms with Crippen molar-refractivity contribution in [3.63, 3.8) is 0 Å². The Morgan fingerprint density at radius 2 is 0.814 bits per heavy atom. The van der Waals surface area contributed by atoms with Crippen LogP contribution in [0, 0.1) is 0 Å². The third kappa shape index (κ3) is 7.30. The van der Waals surface area contributed by atoms with E-state index in [1.165, 1.54) is 52.2 Å². The molecule has 3 nitrogen and oxygen atoms in total. The van der Waals surface area contributed by atoms with Gasteiger partial charge in [0, 0.05) is 56.0 Å². The van der Waals surface area contributed by atoms with Crippen LogP contribution in [0.3, 0.4) is 0 Å². The molecule has 0 N–H and O–H groups in total. The molecule has 0 saturated carbocycles. The fourth-order valence-electron chi connectivity index (χ4n) is 9.16. The average Bonchev–Trinajstić information content (AvgIpc) is 3.64. The maximum absolute atomic E-state index is 2.40. The molecule has 290 valence electrons. The van der Waals surface area contributed by atoms with E-state index in [1.54, 1.807) is 0 Å². The number of hydrogen-bond donors (Lipinski definition) is 0. The number of nitrogens with zero attached hydrogens (tertiary/aromatic N) is 3. The van der Waals surface area contributed by atoms with Crippen molar-refractivity contribution in [2.24, 2.45) is 0 Å². The molecule has 9 rings (SSSR count). The zero-order valence-corrected chi connectivity index (χ0v) is 34.1. The van der Waals surface area contributed by atoms with Crippen LogP contribution < -0.4 is 9.80 Å². The lowest BCUT2D eigenvalue weighted by molar-refractivity contribution is 0.431. The molecule has 1 heterocycles. The minimum Gasteiger partial charge on any atom is -0.311 e. The fourth-order valence-corrected chi connectivity index (χ4v) is 9.16. The summed E-state index contributed by atoms with van der Waals surface area (Å²) in [5.74, 6) is 0. The van der Waals surface area contributed by atoms with Gasteiger partial charge in [-0.3, -0.25) is 0 Å². The van der Waals surface area contributed by atoms with Crippen molar-refractivity contribution in [2.75, 3.05) is 9.80 Å². The van der Waals surface area contributed by atoms with Crippen LogP contribution in [0.15, 0.2) is 212 Å². The predicted octanol–water partition coefficient (Wildman–Crippen LogP) is 16.0. The third-order valence-corrected chi connectivity index (χ3v) is 12.1. The summed E-state index contributed by atoms with van der Waals surface area (Å²) in [6, 6.07) is 77.4. The molecule has 0 amide bonds. The van der Waals surface area contributed by atoms with Gasteiger partial charge in [-0.2, -0.15) is 0 Å². The lowest BCUT2D eigenvalue weighted by atomic mass is 9.69. The first kappa shape index (κ1) is 37.7. The Balaban J connectivity index is 1.12. The molecule has 3 heteroatoms. The fraction of sp³-hybridized carbons (Fsp3) is 0.143. The van der Waals surface area contributed by atoms with E-state index >= 15 is 0 Å². The number of unbranched alkanes of at least 4 members (excludes halogenated alkanes) is 2. The second-order valence-electron chi connectivity index (χ2n) is 15.6. The lowest BCUT2D eigenvalue weighted by Gasteiger charge is -2.36. The molecule has 0 aliphatic carbocycles. The summed E-state index contributed by atoms with van der Waals surface area (Å²) in [5, 5.41) is 2.51. The predicted molar refractivity (Wildman–Crippen MR) is 252 cm³/mol. The van der Waals surface area contributed by atoms with Gasteiger partial charge < -0.3 is 14.4 Å². The molecule has 0 radical (unpaired) electrons. The normalized spacial score (nSPS) is 12.4. The number of rotatable bonds is 14. The van der Waals surface area contributed by atoms with Gasteiger partial charge in [0.05, 0.1) is 11.0 Å². The van der Waals surface area contributed by atoms with Crippen LogP contribution in [0.25, 0.3) is 27.5 Å². The summed E-state index contributed by atoms with van der Waals surface area (Å²) < 4.78 is 2.40. The Morgan fingerprint density at radius 1 is 0.390 bits per heavy atom. The standard InChI is InChI=1S/C56H51N3/c1-3-5-20-41-56(4-2,43-31-35-49(36-32-43)57(45-21-10-6-11-22-45)46-23-12-7-13-24-46)44-33-37-50(38-34-44)58(47-25-14-8-15-26-47)51-39-40-53-52-29-18-19-30-54(52)59(55(53)42-51)48-27-16-9-17-28-48/h6-19,21-40,42H,3-5,20,41H2,1-2H3. The van der Waals surface area contributed by atoms with Crippen LogP contribution in [0.1, 0.15) is 57.1 Å². The summed E-state index contributed by atoms with van der Waals surface area (Å²) in [7, 11) is 0. The molecule has 0 aliphatic heterocycles. The quantitative estimate of drug-likeness (QED) is 0.102. The van der Waals surface area contributed by atoms with Gasteiger partial charge >= 0.3 is 0 Å². The second kappa shape index (κ2) is 16.9. The third-order valence-electron chi connectivity index (χ3n) is 12.1. The molecule has 0 fully saturated rings. The number of para-hydroxylation sites is 5. The Labute approximate surface area is 349 Å². The summed E-state index contributed by atoms with van der Waals surface area (Å²) in [4.78, 5) is 4.75. The van der Waals surface area contributed by atoms with Crippen LogP contribution in [0.5, 0.6) is 0 Å². The Bertz CT molecular complexity index is 2700. The Kier molecular flexibility index (Phi) is 10.8. The van der Waals surface area contributed by atoms with Gasteiger partial charge in [0.15, 0.2) is 0 Å². The highest BCUT2D eigenvalue weighted by molar-refractivity contribution is 6.10. The number of hydrogen-bond acceptors (Lipinski definition) is 2. The van der Waals surface area contributed by atoms with Crippen molar-refractivity contribution in [2.45, 2.75) is 51.4 Å². The van der Waals surface area contributed by atoms with Crippen LogP contribution in [-0.4, -0.2) is 4.57 Å². The molecular weight excluding hydrogens is 715 g/mol. The second-order valence-corrected chi connectivity index (χ2v) is 15.6. The minimum atomic E-state index is -0.121. The molecule has 0 spiro atoms. The topological polar surface area (TPSA) is 11.4 Å². The van der Waals surface area contributed by atoms with Crippen molar-refractivity contribution < 1.29 is 0 Å². The number of anilines is 6. The van der Waals surface area contributed by atoms with Crippen molar-refractivity contribution in [3.05, 3.63) is 223 Å². The van der Waals surface area contributed by atoms with E-state index in [2.05, 4.69) is 241 Å². The van der Waals surface area contributed by atoms with E-state index in [0.717, 1.165) is 52.7 Å². The van der Waals surface area contributed by atoms with Gasteiger partial charge in [-0.05, 0) is 115 Å². The van der Waals surface area contributed by atoms with E-state index in [9.17, 15) is 0 Å². The zero-order chi connectivity index (χ0) is 40.0. The van der Waals surface area contributed by atoms with Gasteiger partial charge in [-0.15, -0.1) is 0 Å². The smallest absolute Gasteiger partial charge is 0.0561 e. The SMILES string of the molecule is CCCCCC(CC)(c1ccc(N(c2ccccc2)c2ccccc2)cc1)c1ccc(N(c2ccccc2)c2ccc3c4ccccc4n(-c4ccccc4)c3c2)cc1. The molecule has 0 bridgehead atoms. The van der Waals surface area contributed by atoms with Gasteiger partial charge in [0.1, 0.15) is 0 Å². The first-order valence-electron chi connectivity index (χ1n) is 21.2. The van der Waals surface area contributed by atoms with Crippen molar-refractivity contribution in [1.29, 1.82) is 0 Å². The molecular formula is C56H51N3. The first-order chi connectivity index (χ1) is 29.2. The number of benzene rings is 8. The van der Waals surface area contributed by atoms with Crippen LogP contribution in [-0.2, 0) is 5.41 Å². The van der Waals surface area contributed by atoms with Crippen molar-refractivity contribution in [3.8, 4) is 5.69 Å². The maximum atomic E-state index is 2.40. The highest BCUT2D eigenvalue weighted by Crippen LogP contribution is 2.45. The van der Waals surface area contributed by atoms with E-state index < -0.39 is 0 Å². The van der Waals surface area contributed by atoms with Gasteiger partial charge in [-0.25, -0.2) is 0 Å². The maximum Gasteiger partial charge on any atom is 0.0561 e. The first-order valence-corrected chi connectivity index (χ1v) is 21.2. The summed E-state index contributed by atoms with van der Waals surface area (Å²) in [6.45, 7) is 4.67. The largest absolute Gasteiger partial charge is 0.311 e. The molecule has 1 aromatic heterocycles. The van der Waals surface area contributed by atoms with Crippen LogP contribution in [0.4, 0.5) is 34.1 Å². The summed E-state index contributed by atoms with van der Waals surface area (Å²) in [6.07, 6.45) is 5.71. The lowest BCUT2D eigenvalue weighted by Crippen LogP contribution is -2.27. The van der Waals surface area contributed by atoms with E-state index in [0.29, 0.717) is 0 Å². The van der Waals surface area contributed by atoms with Gasteiger partial charge in [-0.1, -0.05) is 154 Å². The van der Waals surface area contributed by atoms with E-state index in [4.69, 9.17) is 0 Å². The summed E-state index contributed by atoms with van der Waals surface area (Å²) in [5.41, 5.74) is 13.0. The Hall–Kier alpha value is -6.84. The van der Waals surface area contributed by atoms with Crippen molar-refractivity contribution in [1.82, 2.24) is 4.57 Å². The van der Waals surface area contributed by atoms with E-state index in [-0.39, 0.29) is 5.41 Å². The molecule has 0 aliphatic rings. The molecule has 9 aromatic rings. The van der Waals surface area contributed by atoms with E-state index in [1.807, 2.05) is 0 Å². The summed E-state index contributed by atoms with van der Waals surface area (Å²) >= 11 is 0. The van der Waals surface area contributed by atoms with Gasteiger partial charge in [0.2, 0.25) is 0 Å². The number of fused-ring (bicyclic) bond motifs is 3. The van der Waals surface area contributed by atoms with Gasteiger partial charge in [0.25, 0.3) is 0 Å². The molecule has 8 aromatic carbocycles. The van der Waals surface area contributed by atoms with Crippen molar-refractivity contribution >= 4 is 55.9 Å². The molecule has 59 heavy (non-hydrogen) atoms. The van der Waals surface area contributed by atoms with Crippen LogP contribution >= 0.6 is 0 Å².